The number of nitro groups is 2. The molecule has 0 saturated carbocycles. The number of phenolic OH excluding ortho intramolecular Hbond substituents is 4. The normalized spacial score (nSPS) is 15.5. The first-order chi connectivity index (χ1) is 60.9. The number of hydrogen-bond acceptors (Lipinski definition) is 16. The van der Waals surface area contributed by atoms with E-state index in [1.165, 1.54) is 181 Å². The van der Waals surface area contributed by atoms with Crippen molar-refractivity contribution >= 4 is 112 Å². The first-order valence-electron chi connectivity index (χ1n) is 45.2. The van der Waals surface area contributed by atoms with E-state index in [1.807, 2.05) is 27.7 Å². The quantitative estimate of drug-likeness (QED) is 0.0155. The van der Waals surface area contributed by atoms with E-state index in [0.29, 0.717) is 0 Å². The third-order valence-corrected chi connectivity index (χ3v) is 25.3. The van der Waals surface area contributed by atoms with Crippen LogP contribution in [0, 0.1) is 27.2 Å². The van der Waals surface area contributed by atoms with Crippen molar-refractivity contribution in [3.8, 4) is 23.0 Å². The molecule has 128 heavy (non-hydrogen) atoms. The predicted octanol–water partition coefficient (Wildman–Crippen LogP) is 28.1. The molecule has 4 N–H and O–H groups in total. The number of rotatable bonds is 28. The van der Waals surface area contributed by atoms with E-state index < -0.39 is 9.85 Å². The molecule has 11 aromatic carbocycles. The number of aromatic hydroxyl groups is 4. The second-order valence-electron chi connectivity index (χ2n) is 35.1. The summed E-state index contributed by atoms with van der Waals surface area (Å²) in [6.07, 6.45) is 23.8. The number of benzene rings is 11. The SMILES string of the molecule is CCCCN1/C(=C\C=C\C2=[N+](CCCC)c3ccc4ccccc4c3C2(C)C)C(C)(C)c2c1ccc1ccccc21.CCCCN1/C(=C\C=C\C2=[N+](CCCC)c3ccc4ccccc4c3C2(C)C)C(C)(C)c2cc(C)ccc21.CCN(CC)c1ccc(N=Nc2cc([N+](=O)[O-])ccc2O)c(O)c1.CCN(CC)c1ccc(N=Nc2cc([N+](=O)[O-])ccc2O)c(O)c1.[Co]. The minimum atomic E-state index is -0.588. The fourth-order valence-electron chi connectivity index (χ4n) is 18.5. The molecule has 0 unspecified atom stereocenters. The number of allylic oxidation sites excluding steroid dienone is 8. The van der Waals surface area contributed by atoms with E-state index in [-0.39, 0.29) is 95.6 Å². The van der Waals surface area contributed by atoms with E-state index in [2.05, 4.69) is 303 Å². The summed E-state index contributed by atoms with van der Waals surface area (Å²) in [6, 6.07) is 64.4. The molecule has 669 valence electrons. The van der Waals surface area contributed by atoms with Crippen LogP contribution in [0.1, 0.15) is 190 Å². The number of anilines is 4. The summed E-state index contributed by atoms with van der Waals surface area (Å²) in [5, 5.41) is 84.5. The summed E-state index contributed by atoms with van der Waals surface area (Å²) in [5.41, 5.74) is 19.7. The minimum Gasteiger partial charge on any atom is -0.506 e. The molecule has 0 saturated heterocycles. The molecule has 0 amide bonds. The number of azo groups is 2. The number of hydrogen-bond donors (Lipinski definition) is 4. The van der Waals surface area contributed by atoms with Crippen molar-refractivity contribution in [2.75, 3.05) is 72.0 Å². The van der Waals surface area contributed by atoms with Crippen LogP contribution < -0.4 is 19.6 Å². The molecular weight excluding hydrogens is 1640 g/mol. The number of nitrogens with zero attached hydrogens (tertiary/aromatic N) is 12. The first-order valence-corrected chi connectivity index (χ1v) is 45.2. The number of unbranched alkanes of at least 4 members (excludes halogenated alkanes) is 4. The van der Waals surface area contributed by atoms with Crippen LogP contribution in [0.5, 0.6) is 23.0 Å². The average Bonchev–Trinajstić information content (AvgIpc) is 1.58. The molecule has 0 aromatic heterocycles. The monoisotopic (exact) mass is 1770 g/mol. The van der Waals surface area contributed by atoms with Gasteiger partial charge in [-0.3, -0.25) is 20.2 Å². The molecule has 0 fully saturated rings. The molecule has 0 spiro atoms. The Bertz CT molecular complexity index is 6030. The number of phenols is 4. The topological polar surface area (TPSA) is 236 Å². The van der Waals surface area contributed by atoms with Gasteiger partial charge in [0.1, 0.15) is 58.8 Å². The smallest absolute Gasteiger partial charge is 0.271 e. The Kier molecular flexibility index (Phi) is 31.4. The van der Waals surface area contributed by atoms with Crippen molar-refractivity contribution in [3.63, 3.8) is 0 Å². The van der Waals surface area contributed by atoms with Crippen LogP contribution in [0.3, 0.4) is 0 Å². The van der Waals surface area contributed by atoms with Gasteiger partial charge in [0, 0.05) is 186 Å². The molecular formula is C107H126CoN12O8+2. The third kappa shape index (κ3) is 20.2. The van der Waals surface area contributed by atoms with Crippen LogP contribution in [0.15, 0.2) is 268 Å². The predicted molar refractivity (Wildman–Crippen MR) is 525 cm³/mol. The summed E-state index contributed by atoms with van der Waals surface area (Å²) in [7, 11) is 0. The van der Waals surface area contributed by atoms with Gasteiger partial charge >= 0.3 is 0 Å². The Labute approximate surface area is 765 Å². The zero-order valence-electron chi connectivity index (χ0n) is 77.5. The summed E-state index contributed by atoms with van der Waals surface area (Å²) in [5.74, 6) is -0.589. The molecule has 4 heterocycles. The fourth-order valence-corrected chi connectivity index (χ4v) is 18.5. The maximum absolute atomic E-state index is 10.8. The molecule has 0 atom stereocenters. The van der Waals surface area contributed by atoms with Gasteiger partial charge in [0.15, 0.2) is 11.4 Å². The van der Waals surface area contributed by atoms with E-state index in [4.69, 9.17) is 0 Å². The van der Waals surface area contributed by atoms with Crippen molar-refractivity contribution in [1.82, 2.24) is 0 Å². The van der Waals surface area contributed by atoms with E-state index in [0.717, 1.165) is 75.9 Å². The van der Waals surface area contributed by atoms with Crippen molar-refractivity contribution in [3.05, 3.63) is 296 Å². The van der Waals surface area contributed by atoms with Crippen LogP contribution in [0.2, 0.25) is 0 Å². The third-order valence-electron chi connectivity index (χ3n) is 25.3. The van der Waals surface area contributed by atoms with Gasteiger partial charge < -0.3 is 40.0 Å². The van der Waals surface area contributed by atoms with Crippen LogP contribution >= 0.6 is 0 Å². The van der Waals surface area contributed by atoms with Crippen LogP contribution in [-0.4, -0.2) is 103 Å². The second-order valence-corrected chi connectivity index (χ2v) is 35.1. The number of fused-ring (bicyclic) bond motifs is 10. The maximum atomic E-state index is 10.8. The molecule has 11 aromatic rings. The van der Waals surface area contributed by atoms with Gasteiger partial charge in [-0.05, 0) is 191 Å². The van der Waals surface area contributed by atoms with E-state index in [1.54, 1.807) is 36.4 Å². The van der Waals surface area contributed by atoms with Crippen LogP contribution in [0.25, 0.3) is 32.3 Å². The summed E-state index contributed by atoms with van der Waals surface area (Å²) in [4.78, 5) is 29.6. The largest absolute Gasteiger partial charge is 0.506 e. The first kappa shape index (κ1) is 96.0. The number of non-ortho nitro benzene ring substituents is 2. The average molecular weight is 1770 g/mol. The Morgan fingerprint density at radius 1 is 0.398 bits per heavy atom. The zero-order chi connectivity index (χ0) is 91.2. The van der Waals surface area contributed by atoms with Gasteiger partial charge in [0.2, 0.25) is 11.4 Å². The number of nitro benzene ring substituents is 2. The molecule has 21 heteroatoms. The second kappa shape index (κ2) is 41.9. The molecule has 4 aliphatic heterocycles. The van der Waals surface area contributed by atoms with Crippen molar-refractivity contribution < 1.29 is 56.2 Å². The van der Waals surface area contributed by atoms with Gasteiger partial charge in [-0.15, -0.1) is 20.5 Å². The summed E-state index contributed by atoms with van der Waals surface area (Å²) < 4.78 is 5.18. The Morgan fingerprint density at radius 2 is 0.773 bits per heavy atom. The van der Waals surface area contributed by atoms with Crippen molar-refractivity contribution in [2.24, 2.45) is 20.5 Å². The standard InChI is InChI=1S/C39H45N2.C36H45N2.2C16H18N4O4.Co/c1-7-9-26-40-32-24-22-28-16-11-13-18-30(28)36(32)38(3,4)34(40)20-15-21-35-39(5,6)37-31-19-14-12-17-29(31)23-25-33(37)41(35)27-10-8-2;1-8-10-23-37-30-21-19-26(3)25-29(30)35(4,5)32(37)17-14-18-33-36(6,7)34-28-16-13-12-15-27(28)20-22-31(34)38(33)24-11-9-2;2*1-3-19(4-2)11-5-7-13(16(22)10-11)17-18-14-9-12(20(23)24)6-8-15(14)21;/h11-25H,7-10,26-27H2,1-6H3;12-22,25H,8-11,23-24H2,1-7H3;2*5-10,21-22H,3-4H2,1-2H3;/q2*+1;;;. The van der Waals surface area contributed by atoms with Crippen molar-refractivity contribution in [1.29, 1.82) is 0 Å². The molecule has 0 bridgehead atoms. The van der Waals surface area contributed by atoms with E-state index in [9.17, 15) is 40.7 Å². The molecule has 1 radical (unpaired) electrons. The molecule has 20 nitrogen and oxygen atoms in total. The minimum absolute atomic E-state index is 0. The fraction of sp³-hybridized carbons (Fsp3) is 0.346. The van der Waals surface area contributed by atoms with Crippen LogP contribution in [-0.2, 0) is 38.4 Å². The maximum Gasteiger partial charge on any atom is 0.271 e. The van der Waals surface area contributed by atoms with Crippen LogP contribution in [0.4, 0.5) is 68.2 Å². The van der Waals surface area contributed by atoms with Gasteiger partial charge in [0.25, 0.3) is 11.4 Å². The van der Waals surface area contributed by atoms with Gasteiger partial charge in [-0.1, -0.05) is 190 Å². The summed E-state index contributed by atoms with van der Waals surface area (Å²) in [6.45, 7) is 46.1. The Hall–Kier alpha value is -12.6. The Balaban J connectivity index is 0.000000170. The molecule has 0 aliphatic carbocycles. The van der Waals surface area contributed by atoms with Gasteiger partial charge in [0.05, 0.1) is 20.7 Å². The van der Waals surface area contributed by atoms with Crippen molar-refractivity contribution in [2.45, 2.75) is 191 Å². The Morgan fingerprint density at radius 3 is 1.17 bits per heavy atom. The summed E-state index contributed by atoms with van der Waals surface area (Å²) >= 11 is 0. The molecule has 4 aliphatic rings. The van der Waals surface area contributed by atoms with Gasteiger partial charge in [-0.2, -0.15) is 9.15 Å². The number of aryl methyl sites for hydroxylation is 1. The van der Waals surface area contributed by atoms with Gasteiger partial charge in [-0.25, -0.2) is 0 Å². The zero-order valence-corrected chi connectivity index (χ0v) is 78.5. The molecule has 15 rings (SSSR count). The van der Waals surface area contributed by atoms with E-state index >= 15 is 0 Å².